The molecule has 0 radical (unpaired) electrons. The van der Waals surface area contributed by atoms with Crippen molar-refractivity contribution in [2.75, 3.05) is 0 Å². The number of rotatable bonds is 2. The third kappa shape index (κ3) is 1.87. The predicted octanol–water partition coefficient (Wildman–Crippen LogP) is 2.07. The molecular weight excluding hydrogens is 192 g/mol. The molecule has 0 aliphatic heterocycles. The van der Waals surface area contributed by atoms with Crippen LogP contribution < -0.4 is 0 Å². The quantitative estimate of drug-likeness (QED) is 0.741. The van der Waals surface area contributed by atoms with E-state index in [1.54, 1.807) is 19.1 Å². The number of carboxylic acid groups (broad SMARTS) is 1. The maximum absolute atomic E-state index is 10.9. The molecule has 1 N–H and O–H groups in total. The van der Waals surface area contributed by atoms with E-state index >= 15 is 0 Å². The molecule has 0 atom stereocenters. The van der Waals surface area contributed by atoms with Crippen LogP contribution in [0.25, 0.3) is 0 Å². The molecule has 1 aromatic carbocycles. The van der Waals surface area contributed by atoms with Crippen LogP contribution in [0, 0.1) is 6.92 Å². The zero-order chi connectivity index (χ0) is 10.0. The predicted molar refractivity (Wildman–Crippen MR) is 48.3 cm³/mol. The maximum atomic E-state index is 10.9. The number of carbonyl (C=O) groups is 2. The van der Waals surface area contributed by atoms with Crippen LogP contribution >= 0.6 is 11.6 Å². The third-order valence-corrected chi connectivity index (χ3v) is 1.89. The van der Waals surface area contributed by atoms with E-state index in [0.717, 1.165) is 0 Å². The molecule has 1 rings (SSSR count). The van der Waals surface area contributed by atoms with Crippen LogP contribution in [0.15, 0.2) is 18.2 Å². The fourth-order valence-electron chi connectivity index (χ4n) is 1.11. The fourth-order valence-corrected chi connectivity index (χ4v) is 1.36. The van der Waals surface area contributed by atoms with Crippen molar-refractivity contribution in [3.8, 4) is 0 Å². The van der Waals surface area contributed by atoms with Crippen LogP contribution in [-0.2, 0) is 0 Å². The van der Waals surface area contributed by atoms with E-state index in [0.29, 0.717) is 5.56 Å². The van der Waals surface area contributed by atoms with Crippen LogP contribution in [-0.4, -0.2) is 16.3 Å². The highest BCUT2D eigenvalue weighted by Crippen LogP contribution is 2.16. The average molecular weight is 199 g/mol. The first-order chi connectivity index (χ1) is 6.04. The van der Waals surface area contributed by atoms with Crippen LogP contribution in [0.4, 0.5) is 0 Å². The van der Waals surface area contributed by atoms with Gasteiger partial charge in [-0.1, -0.05) is 12.1 Å². The first-order valence-corrected chi connectivity index (χ1v) is 3.94. The minimum atomic E-state index is -1.15. The summed E-state index contributed by atoms with van der Waals surface area (Å²) >= 11 is 5.26. The molecule has 0 fully saturated rings. The topological polar surface area (TPSA) is 54.4 Å². The Morgan fingerprint density at radius 1 is 1.38 bits per heavy atom. The highest BCUT2D eigenvalue weighted by Gasteiger charge is 2.16. The first kappa shape index (κ1) is 9.74. The van der Waals surface area contributed by atoms with Crippen molar-refractivity contribution in [3.63, 3.8) is 0 Å². The van der Waals surface area contributed by atoms with Crippen LogP contribution in [0.2, 0.25) is 0 Å². The Labute approximate surface area is 79.9 Å². The van der Waals surface area contributed by atoms with Crippen molar-refractivity contribution in [3.05, 3.63) is 34.9 Å². The summed E-state index contributed by atoms with van der Waals surface area (Å²) in [4.78, 5) is 21.6. The lowest BCUT2D eigenvalue weighted by Gasteiger charge is -2.03. The van der Waals surface area contributed by atoms with E-state index < -0.39 is 11.2 Å². The molecule has 68 valence electrons. The number of carboxylic acids is 1. The molecule has 0 amide bonds. The van der Waals surface area contributed by atoms with Gasteiger partial charge in [-0.05, 0) is 30.2 Å². The van der Waals surface area contributed by atoms with Gasteiger partial charge in [-0.3, -0.25) is 4.79 Å². The molecular formula is C9H7ClO3. The van der Waals surface area contributed by atoms with E-state index in [4.69, 9.17) is 16.7 Å². The Kier molecular flexibility index (Phi) is 2.68. The number of hydrogen-bond acceptors (Lipinski definition) is 2. The highest BCUT2D eigenvalue weighted by molar-refractivity contribution is 6.68. The summed E-state index contributed by atoms with van der Waals surface area (Å²) < 4.78 is 0. The number of benzene rings is 1. The van der Waals surface area contributed by atoms with Gasteiger partial charge in [0.05, 0.1) is 11.1 Å². The summed E-state index contributed by atoms with van der Waals surface area (Å²) in [6.07, 6.45) is 0. The van der Waals surface area contributed by atoms with Gasteiger partial charge in [0.25, 0.3) is 5.24 Å². The fraction of sp³-hybridized carbons (Fsp3) is 0.111. The summed E-state index contributed by atoms with van der Waals surface area (Å²) in [5.41, 5.74) is 0.580. The van der Waals surface area contributed by atoms with Gasteiger partial charge in [0.1, 0.15) is 0 Å². The lowest BCUT2D eigenvalue weighted by molar-refractivity contribution is 0.0693. The lowest BCUT2D eigenvalue weighted by atomic mass is 10.0. The molecule has 1 aromatic rings. The average Bonchev–Trinajstić information content (AvgIpc) is 2.02. The number of aryl methyl sites for hydroxylation is 1. The minimum absolute atomic E-state index is 0.0556. The van der Waals surface area contributed by atoms with Gasteiger partial charge in [0, 0.05) is 0 Å². The molecule has 0 saturated carbocycles. The Morgan fingerprint density at radius 3 is 2.38 bits per heavy atom. The van der Waals surface area contributed by atoms with Crippen LogP contribution in [0.5, 0.6) is 0 Å². The highest BCUT2D eigenvalue weighted by atomic mass is 35.5. The number of halogens is 1. The standard InChI is InChI=1S/C9H7ClO3/c1-5-3-2-4-6(9(12)13)7(5)8(10)11/h2-4H,1H3,(H,12,13). The van der Waals surface area contributed by atoms with Gasteiger partial charge >= 0.3 is 5.97 Å². The lowest BCUT2D eigenvalue weighted by Crippen LogP contribution is -2.06. The van der Waals surface area contributed by atoms with E-state index in [9.17, 15) is 9.59 Å². The van der Waals surface area contributed by atoms with Crippen molar-refractivity contribution in [1.29, 1.82) is 0 Å². The minimum Gasteiger partial charge on any atom is -0.478 e. The third-order valence-electron chi connectivity index (χ3n) is 1.70. The summed E-state index contributed by atoms with van der Waals surface area (Å²) in [5, 5.41) is 7.99. The molecule has 0 saturated heterocycles. The van der Waals surface area contributed by atoms with Gasteiger partial charge in [-0.2, -0.15) is 0 Å². The SMILES string of the molecule is Cc1cccc(C(=O)O)c1C(=O)Cl. The first-order valence-electron chi connectivity index (χ1n) is 3.56. The number of hydrogen-bond donors (Lipinski definition) is 1. The molecule has 0 spiro atoms. The molecule has 13 heavy (non-hydrogen) atoms. The van der Waals surface area contributed by atoms with E-state index in [1.165, 1.54) is 6.07 Å². The van der Waals surface area contributed by atoms with Gasteiger partial charge < -0.3 is 5.11 Å². The summed E-state index contributed by atoms with van der Waals surface area (Å²) in [6.45, 7) is 1.64. The smallest absolute Gasteiger partial charge is 0.336 e. The summed E-state index contributed by atoms with van der Waals surface area (Å²) in [6, 6.07) is 4.56. The molecule has 0 aliphatic carbocycles. The molecule has 0 aliphatic rings. The normalized spacial score (nSPS) is 9.69. The Balaban J connectivity index is 3.43. The number of carbonyl (C=O) groups excluding carboxylic acids is 1. The van der Waals surface area contributed by atoms with E-state index in [-0.39, 0.29) is 11.1 Å². The van der Waals surface area contributed by atoms with E-state index in [1.807, 2.05) is 0 Å². The molecule has 0 heterocycles. The van der Waals surface area contributed by atoms with Gasteiger partial charge in [-0.25, -0.2) is 4.79 Å². The second kappa shape index (κ2) is 3.58. The Morgan fingerprint density at radius 2 is 2.00 bits per heavy atom. The van der Waals surface area contributed by atoms with E-state index in [2.05, 4.69) is 0 Å². The zero-order valence-corrected chi connectivity index (χ0v) is 7.63. The van der Waals surface area contributed by atoms with Crippen LogP contribution in [0.3, 0.4) is 0 Å². The largest absolute Gasteiger partial charge is 0.478 e. The van der Waals surface area contributed by atoms with Gasteiger partial charge in [0.2, 0.25) is 0 Å². The maximum Gasteiger partial charge on any atom is 0.336 e. The van der Waals surface area contributed by atoms with Gasteiger partial charge in [-0.15, -0.1) is 0 Å². The second-order valence-corrected chi connectivity index (χ2v) is 2.92. The summed E-state index contributed by atoms with van der Waals surface area (Å²) in [7, 11) is 0. The monoisotopic (exact) mass is 198 g/mol. The van der Waals surface area contributed by atoms with Crippen molar-refractivity contribution in [2.45, 2.75) is 6.92 Å². The van der Waals surface area contributed by atoms with Crippen LogP contribution in [0.1, 0.15) is 26.3 Å². The Bertz CT molecular complexity index is 371. The second-order valence-electron chi connectivity index (χ2n) is 2.58. The molecule has 3 nitrogen and oxygen atoms in total. The molecule has 0 unspecified atom stereocenters. The molecule has 0 bridgehead atoms. The summed E-state index contributed by atoms with van der Waals surface area (Å²) in [5.74, 6) is -1.15. The Hall–Kier alpha value is -1.35. The molecule has 0 aromatic heterocycles. The van der Waals surface area contributed by atoms with Crippen molar-refractivity contribution >= 4 is 22.8 Å². The number of aromatic carboxylic acids is 1. The van der Waals surface area contributed by atoms with Crippen molar-refractivity contribution in [2.24, 2.45) is 0 Å². The zero-order valence-electron chi connectivity index (χ0n) is 6.87. The van der Waals surface area contributed by atoms with Gasteiger partial charge in [0.15, 0.2) is 0 Å². The molecule has 4 heteroatoms. The van der Waals surface area contributed by atoms with Crippen molar-refractivity contribution in [1.82, 2.24) is 0 Å². The van der Waals surface area contributed by atoms with Crippen molar-refractivity contribution < 1.29 is 14.7 Å².